The van der Waals surface area contributed by atoms with Crippen LogP contribution in [-0.4, -0.2) is 18.1 Å². The Morgan fingerprint density at radius 2 is 1.88 bits per heavy atom. The topological polar surface area (TPSA) is 48.4 Å². The average molecular weight is 365 g/mol. The van der Waals surface area contributed by atoms with E-state index < -0.39 is 0 Å². The molecule has 2 aromatic carbocycles. The van der Waals surface area contributed by atoms with E-state index in [0.29, 0.717) is 12.2 Å². The summed E-state index contributed by atoms with van der Waals surface area (Å²) < 4.78 is 10.7. The minimum Gasteiger partial charge on any atom is -0.488 e. The van der Waals surface area contributed by atoms with Crippen LogP contribution in [0.25, 0.3) is 12.2 Å². The fraction of sp³-hybridized carbons (Fsp3) is 0.143. The van der Waals surface area contributed by atoms with E-state index in [4.69, 9.17) is 9.47 Å². The molecular formula is C21H19NO3S. The molecule has 0 aliphatic heterocycles. The first kappa shape index (κ1) is 17.9. The SMILES string of the molecule is COC(=O)c1ccc(COc2ccccc2/C=C/c2nc(C)cs2)cc1. The molecule has 0 amide bonds. The van der Waals surface area contributed by atoms with Gasteiger partial charge in [-0.15, -0.1) is 11.3 Å². The number of thiazole rings is 1. The summed E-state index contributed by atoms with van der Waals surface area (Å²) in [5.41, 5.74) is 3.52. The maximum absolute atomic E-state index is 11.5. The average Bonchev–Trinajstić information content (AvgIpc) is 3.10. The Balaban J connectivity index is 1.68. The number of nitrogens with zero attached hydrogens (tertiary/aromatic N) is 1. The van der Waals surface area contributed by atoms with Gasteiger partial charge in [0.1, 0.15) is 17.4 Å². The van der Waals surface area contributed by atoms with Gasteiger partial charge in [0.2, 0.25) is 0 Å². The second-order valence-electron chi connectivity index (χ2n) is 5.68. The quantitative estimate of drug-likeness (QED) is 0.578. The van der Waals surface area contributed by atoms with Crippen LogP contribution in [0.1, 0.15) is 32.2 Å². The summed E-state index contributed by atoms with van der Waals surface area (Å²) in [5, 5.41) is 3.00. The normalized spacial score (nSPS) is 10.8. The highest BCUT2D eigenvalue weighted by molar-refractivity contribution is 7.10. The molecule has 0 spiro atoms. The van der Waals surface area contributed by atoms with Crippen molar-refractivity contribution in [2.45, 2.75) is 13.5 Å². The van der Waals surface area contributed by atoms with Crippen LogP contribution in [0.15, 0.2) is 53.9 Å². The molecule has 0 fully saturated rings. The van der Waals surface area contributed by atoms with Crippen LogP contribution in [0.4, 0.5) is 0 Å². The van der Waals surface area contributed by atoms with Crippen LogP contribution in [0.2, 0.25) is 0 Å². The number of ether oxygens (including phenoxy) is 2. The Bertz CT molecular complexity index is 913. The summed E-state index contributed by atoms with van der Waals surface area (Å²) >= 11 is 1.61. The maximum Gasteiger partial charge on any atom is 0.337 e. The minimum atomic E-state index is -0.342. The largest absolute Gasteiger partial charge is 0.488 e. The van der Waals surface area contributed by atoms with E-state index in [-0.39, 0.29) is 5.97 Å². The fourth-order valence-electron chi connectivity index (χ4n) is 2.38. The molecule has 0 atom stereocenters. The number of esters is 1. The monoisotopic (exact) mass is 365 g/mol. The molecule has 0 aliphatic carbocycles. The summed E-state index contributed by atoms with van der Waals surface area (Å²) in [6, 6.07) is 15.1. The number of hydrogen-bond donors (Lipinski definition) is 0. The summed E-state index contributed by atoms with van der Waals surface area (Å²) in [6.07, 6.45) is 4.00. The number of rotatable bonds is 6. The van der Waals surface area contributed by atoms with Crippen LogP contribution < -0.4 is 4.74 Å². The zero-order valence-electron chi connectivity index (χ0n) is 14.6. The van der Waals surface area contributed by atoms with Crippen molar-refractivity contribution in [1.29, 1.82) is 0 Å². The van der Waals surface area contributed by atoms with Crippen molar-refractivity contribution in [1.82, 2.24) is 4.98 Å². The van der Waals surface area contributed by atoms with Gasteiger partial charge in [-0.3, -0.25) is 0 Å². The predicted octanol–water partition coefficient (Wildman–Crippen LogP) is 4.99. The van der Waals surface area contributed by atoms with Gasteiger partial charge in [-0.2, -0.15) is 0 Å². The lowest BCUT2D eigenvalue weighted by atomic mass is 10.1. The molecule has 0 bridgehead atoms. The van der Waals surface area contributed by atoms with Gasteiger partial charge in [-0.1, -0.05) is 30.3 Å². The molecule has 0 aliphatic rings. The number of benzene rings is 2. The van der Waals surface area contributed by atoms with E-state index in [0.717, 1.165) is 27.6 Å². The summed E-state index contributed by atoms with van der Waals surface area (Å²) in [5.74, 6) is 0.458. The number of aromatic nitrogens is 1. The van der Waals surface area contributed by atoms with E-state index in [2.05, 4.69) is 4.98 Å². The Labute approximate surface area is 156 Å². The highest BCUT2D eigenvalue weighted by Crippen LogP contribution is 2.22. The summed E-state index contributed by atoms with van der Waals surface area (Å²) in [7, 11) is 1.37. The highest BCUT2D eigenvalue weighted by atomic mass is 32.1. The molecule has 132 valence electrons. The number of methoxy groups -OCH3 is 1. The number of hydrogen-bond acceptors (Lipinski definition) is 5. The van der Waals surface area contributed by atoms with Crippen LogP contribution >= 0.6 is 11.3 Å². The van der Waals surface area contributed by atoms with Crippen molar-refractivity contribution in [3.8, 4) is 5.75 Å². The predicted molar refractivity (Wildman–Crippen MR) is 104 cm³/mol. The summed E-state index contributed by atoms with van der Waals surface area (Å²) in [4.78, 5) is 15.9. The van der Waals surface area contributed by atoms with Crippen molar-refractivity contribution in [2.75, 3.05) is 7.11 Å². The molecule has 26 heavy (non-hydrogen) atoms. The molecule has 5 heteroatoms. The fourth-order valence-corrected chi connectivity index (χ4v) is 3.06. The lowest BCUT2D eigenvalue weighted by Crippen LogP contribution is -2.02. The number of para-hydroxylation sites is 1. The molecular weight excluding hydrogens is 346 g/mol. The Morgan fingerprint density at radius 1 is 1.12 bits per heavy atom. The van der Waals surface area contributed by atoms with Gasteiger partial charge in [0.05, 0.1) is 12.7 Å². The van der Waals surface area contributed by atoms with E-state index in [9.17, 15) is 4.79 Å². The van der Waals surface area contributed by atoms with Crippen LogP contribution in [0.3, 0.4) is 0 Å². The number of carbonyl (C=O) groups excluding carboxylic acids is 1. The second-order valence-corrected chi connectivity index (χ2v) is 6.57. The minimum absolute atomic E-state index is 0.342. The van der Waals surface area contributed by atoms with Gasteiger partial charge in [-0.25, -0.2) is 9.78 Å². The first-order valence-corrected chi connectivity index (χ1v) is 9.03. The third-order valence-corrected chi connectivity index (χ3v) is 4.66. The third kappa shape index (κ3) is 4.58. The van der Waals surface area contributed by atoms with Crippen LogP contribution in [0, 0.1) is 6.92 Å². The van der Waals surface area contributed by atoms with E-state index >= 15 is 0 Å². The Kier molecular flexibility index (Phi) is 5.81. The smallest absolute Gasteiger partial charge is 0.337 e. The zero-order valence-corrected chi connectivity index (χ0v) is 15.5. The molecule has 3 rings (SSSR count). The first-order valence-electron chi connectivity index (χ1n) is 8.15. The van der Waals surface area contributed by atoms with Crippen molar-refractivity contribution in [2.24, 2.45) is 0 Å². The van der Waals surface area contributed by atoms with E-state index in [1.165, 1.54) is 7.11 Å². The molecule has 0 N–H and O–H groups in total. The molecule has 0 radical (unpaired) electrons. The number of aryl methyl sites for hydroxylation is 1. The lowest BCUT2D eigenvalue weighted by molar-refractivity contribution is 0.0600. The van der Waals surface area contributed by atoms with E-state index in [1.54, 1.807) is 23.5 Å². The van der Waals surface area contributed by atoms with Crippen LogP contribution in [-0.2, 0) is 11.3 Å². The van der Waals surface area contributed by atoms with Crippen molar-refractivity contribution in [3.05, 3.63) is 81.3 Å². The van der Waals surface area contributed by atoms with Crippen molar-refractivity contribution in [3.63, 3.8) is 0 Å². The number of carbonyl (C=O) groups is 1. The molecule has 1 aromatic heterocycles. The molecule has 4 nitrogen and oxygen atoms in total. The second kappa shape index (κ2) is 8.45. The first-order chi connectivity index (χ1) is 12.7. The van der Waals surface area contributed by atoms with E-state index in [1.807, 2.05) is 60.9 Å². The van der Waals surface area contributed by atoms with Crippen molar-refractivity contribution < 1.29 is 14.3 Å². The molecule has 0 saturated heterocycles. The zero-order chi connectivity index (χ0) is 18.4. The Hall–Kier alpha value is -2.92. The standard InChI is InChI=1S/C21H19NO3S/c1-15-14-26-20(22-15)12-11-17-5-3-4-6-19(17)25-13-16-7-9-18(10-8-16)21(23)24-2/h3-12,14H,13H2,1-2H3/b12-11+. The maximum atomic E-state index is 11.5. The molecule has 0 unspecified atom stereocenters. The highest BCUT2D eigenvalue weighted by Gasteiger charge is 2.05. The van der Waals surface area contributed by atoms with Gasteiger partial charge >= 0.3 is 5.97 Å². The van der Waals surface area contributed by atoms with Gasteiger partial charge in [0, 0.05) is 16.6 Å². The van der Waals surface area contributed by atoms with Gasteiger partial charge in [0.15, 0.2) is 0 Å². The molecule has 3 aromatic rings. The van der Waals surface area contributed by atoms with Gasteiger partial charge in [-0.05, 0) is 42.8 Å². The van der Waals surface area contributed by atoms with Crippen molar-refractivity contribution >= 4 is 29.5 Å². The molecule has 0 saturated carbocycles. The third-order valence-electron chi connectivity index (χ3n) is 3.73. The van der Waals surface area contributed by atoms with Crippen LogP contribution in [0.5, 0.6) is 5.75 Å². The molecule has 1 heterocycles. The van der Waals surface area contributed by atoms with Gasteiger partial charge < -0.3 is 9.47 Å². The lowest BCUT2D eigenvalue weighted by Gasteiger charge is -2.09. The van der Waals surface area contributed by atoms with Gasteiger partial charge in [0.25, 0.3) is 0 Å². The Morgan fingerprint density at radius 3 is 2.58 bits per heavy atom. The summed E-state index contributed by atoms with van der Waals surface area (Å²) in [6.45, 7) is 2.40.